The molecule has 7 nitrogen and oxygen atoms in total. The highest BCUT2D eigenvalue weighted by atomic mass is 16.5. The minimum absolute atomic E-state index is 0.0606. The van der Waals surface area contributed by atoms with Gasteiger partial charge in [0.2, 0.25) is 11.8 Å². The Labute approximate surface area is 219 Å². The monoisotopic (exact) mass is 506 g/mol. The predicted octanol–water partition coefficient (Wildman–Crippen LogP) is 3.38. The standard InChI is InChI=1S/C30H38N2O5/c1-4-12-25(18-23-14-8-6-9-15-23)30(36)37-22(3)20-31-28(34)27(13-5-2)29(35)32-26(21-33)19-24-16-10-7-11-17-24/h4-11,14-17,22,25-27,33H,1-2,12-13,18-21H2,3H3,(H,31,34)(H,32,35)/t22-,25+,26+,27?/m0/s1. The molecular formula is C30H38N2O5. The molecule has 0 fully saturated rings. The van der Waals surface area contributed by atoms with Crippen molar-refractivity contribution >= 4 is 17.8 Å². The first kappa shape index (κ1) is 29.5. The summed E-state index contributed by atoms with van der Waals surface area (Å²) in [6, 6.07) is 18.6. The lowest BCUT2D eigenvalue weighted by atomic mass is 9.96. The van der Waals surface area contributed by atoms with Crippen LogP contribution in [0.25, 0.3) is 0 Å². The van der Waals surface area contributed by atoms with E-state index in [1.807, 2.05) is 60.7 Å². The fourth-order valence-electron chi connectivity index (χ4n) is 3.93. The van der Waals surface area contributed by atoms with Crippen LogP contribution in [-0.4, -0.2) is 48.2 Å². The smallest absolute Gasteiger partial charge is 0.309 e. The summed E-state index contributed by atoms with van der Waals surface area (Å²) in [6.45, 7) is 8.88. The van der Waals surface area contributed by atoms with Gasteiger partial charge >= 0.3 is 5.97 Å². The van der Waals surface area contributed by atoms with Crippen molar-refractivity contribution in [2.24, 2.45) is 11.8 Å². The van der Waals surface area contributed by atoms with Gasteiger partial charge in [-0.1, -0.05) is 72.8 Å². The SMILES string of the molecule is C=CCC(C(=O)NC[C@H](C)OC(=O)[C@H](CC=C)Cc1ccccc1)C(=O)N[C@@H](CO)Cc1ccccc1. The van der Waals surface area contributed by atoms with Crippen LogP contribution in [0, 0.1) is 11.8 Å². The van der Waals surface area contributed by atoms with E-state index in [1.165, 1.54) is 6.08 Å². The van der Waals surface area contributed by atoms with E-state index >= 15 is 0 Å². The molecule has 2 rings (SSSR count). The molecule has 4 atom stereocenters. The lowest BCUT2D eigenvalue weighted by Gasteiger charge is -2.22. The van der Waals surface area contributed by atoms with Crippen molar-refractivity contribution in [2.45, 2.75) is 44.8 Å². The molecule has 2 amide bonds. The Morgan fingerprint density at radius 2 is 1.46 bits per heavy atom. The zero-order valence-electron chi connectivity index (χ0n) is 21.5. The third kappa shape index (κ3) is 10.4. The highest BCUT2D eigenvalue weighted by Crippen LogP contribution is 2.16. The second kappa shape index (κ2) is 16.1. The summed E-state index contributed by atoms with van der Waals surface area (Å²) in [5.41, 5.74) is 1.99. The zero-order valence-corrected chi connectivity index (χ0v) is 21.5. The molecule has 0 radical (unpaired) electrons. The fourth-order valence-corrected chi connectivity index (χ4v) is 3.93. The van der Waals surface area contributed by atoms with E-state index in [4.69, 9.17) is 4.74 Å². The van der Waals surface area contributed by atoms with Gasteiger partial charge in [-0.25, -0.2) is 0 Å². The first-order valence-electron chi connectivity index (χ1n) is 12.6. The number of aliphatic hydroxyl groups excluding tert-OH is 1. The van der Waals surface area contributed by atoms with Crippen molar-refractivity contribution in [3.05, 3.63) is 97.1 Å². The topological polar surface area (TPSA) is 105 Å². The molecule has 1 unspecified atom stereocenters. The van der Waals surface area contributed by atoms with Gasteiger partial charge in [0, 0.05) is 0 Å². The first-order chi connectivity index (χ1) is 17.9. The largest absolute Gasteiger partial charge is 0.461 e. The molecule has 0 aliphatic carbocycles. The third-order valence-corrected chi connectivity index (χ3v) is 5.92. The minimum Gasteiger partial charge on any atom is -0.461 e. The van der Waals surface area contributed by atoms with Crippen LogP contribution in [-0.2, 0) is 32.0 Å². The molecule has 198 valence electrons. The van der Waals surface area contributed by atoms with Crippen molar-refractivity contribution in [3.8, 4) is 0 Å². The van der Waals surface area contributed by atoms with Gasteiger partial charge in [0.25, 0.3) is 0 Å². The highest BCUT2D eigenvalue weighted by molar-refractivity contribution is 6.00. The number of hydrogen-bond acceptors (Lipinski definition) is 5. The van der Waals surface area contributed by atoms with E-state index in [0.29, 0.717) is 19.3 Å². The van der Waals surface area contributed by atoms with Crippen LogP contribution in [0.15, 0.2) is 86.0 Å². The summed E-state index contributed by atoms with van der Waals surface area (Å²) in [5.74, 6) is -2.75. The number of amides is 2. The van der Waals surface area contributed by atoms with E-state index in [1.54, 1.807) is 13.0 Å². The van der Waals surface area contributed by atoms with Crippen LogP contribution in [0.5, 0.6) is 0 Å². The predicted molar refractivity (Wildman–Crippen MR) is 144 cm³/mol. The Hall–Kier alpha value is -3.71. The second-order valence-electron chi connectivity index (χ2n) is 9.06. The van der Waals surface area contributed by atoms with Crippen molar-refractivity contribution < 1.29 is 24.2 Å². The summed E-state index contributed by atoms with van der Waals surface area (Å²) in [6.07, 6.45) is 4.18. The highest BCUT2D eigenvalue weighted by Gasteiger charge is 2.28. The maximum absolute atomic E-state index is 12.9. The zero-order chi connectivity index (χ0) is 27.0. The Morgan fingerprint density at radius 3 is 2.00 bits per heavy atom. The van der Waals surface area contributed by atoms with Gasteiger partial charge in [0.15, 0.2) is 0 Å². The summed E-state index contributed by atoms with van der Waals surface area (Å²) in [7, 11) is 0. The minimum atomic E-state index is -1.02. The van der Waals surface area contributed by atoms with Crippen LogP contribution >= 0.6 is 0 Å². The molecule has 37 heavy (non-hydrogen) atoms. The number of benzene rings is 2. The van der Waals surface area contributed by atoms with E-state index < -0.39 is 29.9 Å². The quantitative estimate of drug-likeness (QED) is 0.184. The number of carbonyl (C=O) groups excluding carboxylic acids is 3. The van der Waals surface area contributed by atoms with Gasteiger partial charge < -0.3 is 20.5 Å². The second-order valence-corrected chi connectivity index (χ2v) is 9.06. The fraction of sp³-hybridized carbons (Fsp3) is 0.367. The van der Waals surface area contributed by atoms with Crippen molar-refractivity contribution in [1.82, 2.24) is 10.6 Å². The molecule has 2 aromatic rings. The number of carbonyl (C=O) groups is 3. The molecule has 7 heteroatoms. The molecule has 0 heterocycles. The number of allylic oxidation sites excluding steroid dienone is 2. The van der Waals surface area contributed by atoms with Crippen LogP contribution in [0.2, 0.25) is 0 Å². The number of rotatable bonds is 16. The normalized spacial score (nSPS) is 13.9. The van der Waals surface area contributed by atoms with E-state index in [2.05, 4.69) is 23.8 Å². The molecule has 0 aliphatic heterocycles. The Kier molecular flexibility index (Phi) is 12.9. The van der Waals surface area contributed by atoms with Crippen LogP contribution in [0.3, 0.4) is 0 Å². The Balaban J connectivity index is 1.90. The van der Waals surface area contributed by atoms with Gasteiger partial charge in [-0.05, 0) is 43.7 Å². The number of ether oxygens (including phenoxy) is 1. The maximum Gasteiger partial charge on any atom is 0.309 e. The van der Waals surface area contributed by atoms with Gasteiger partial charge in [-0.2, -0.15) is 0 Å². The molecule has 3 N–H and O–H groups in total. The molecule has 0 aliphatic rings. The molecular weight excluding hydrogens is 468 g/mol. The summed E-state index contributed by atoms with van der Waals surface area (Å²) >= 11 is 0. The number of nitrogens with one attached hydrogen (secondary N) is 2. The Bertz CT molecular complexity index is 1010. The number of aliphatic hydroxyl groups is 1. The van der Waals surface area contributed by atoms with Crippen molar-refractivity contribution in [2.75, 3.05) is 13.2 Å². The first-order valence-corrected chi connectivity index (χ1v) is 12.6. The van der Waals surface area contributed by atoms with Crippen molar-refractivity contribution in [1.29, 1.82) is 0 Å². The van der Waals surface area contributed by atoms with Gasteiger partial charge in [-0.3, -0.25) is 14.4 Å². The molecule has 0 saturated carbocycles. The average molecular weight is 507 g/mol. The van der Waals surface area contributed by atoms with Crippen LogP contribution in [0.4, 0.5) is 0 Å². The summed E-state index contributed by atoms with van der Waals surface area (Å²) in [5, 5.41) is 15.2. The van der Waals surface area contributed by atoms with Crippen LogP contribution in [0.1, 0.15) is 30.9 Å². The third-order valence-electron chi connectivity index (χ3n) is 5.92. The number of hydrogen-bond donors (Lipinski definition) is 3. The van der Waals surface area contributed by atoms with Crippen molar-refractivity contribution in [3.63, 3.8) is 0 Å². The Morgan fingerprint density at radius 1 is 0.892 bits per heavy atom. The molecule has 0 bridgehead atoms. The molecule has 0 saturated heterocycles. The maximum atomic E-state index is 12.9. The lowest BCUT2D eigenvalue weighted by molar-refractivity contribution is -0.153. The summed E-state index contributed by atoms with van der Waals surface area (Å²) < 4.78 is 5.58. The molecule has 0 aromatic heterocycles. The van der Waals surface area contributed by atoms with E-state index in [0.717, 1.165) is 11.1 Å². The lowest BCUT2D eigenvalue weighted by Crippen LogP contribution is -2.48. The van der Waals surface area contributed by atoms with Gasteiger partial charge in [0.1, 0.15) is 12.0 Å². The molecule has 0 spiro atoms. The number of esters is 1. The van der Waals surface area contributed by atoms with Gasteiger partial charge in [-0.15, -0.1) is 13.2 Å². The average Bonchev–Trinajstić information content (AvgIpc) is 2.90. The van der Waals surface area contributed by atoms with E-state index in [-0.39, 0.29) is 31.5 Å². The van der Waals surface area contributed by atoms with Gasteiger partial charge in [0.05, 0.1) is 25.1 Å². The van der Waals surface area contributed by atoms with Crippen LogP contribution < -0.4 is 10.6 Å². The van der Waals surface area contributed by atoms with E-state index in [9.17, 15) is 19.5 Å². The summed E-state index contributed by atoms with van der Waals surface area (Å²) in [4.78, 5) is 38.5. The molecule has 2 aromatic carbocycles.